The van der Waals surface area contributed by atoms with Crippen LogP contribution >= 0.6 is 0 Å². The molecule has 12 heteroatoms. The second kappa shape index (κ2) is 10.0. The Bertz CT molecular complexity index is 1530. The Morgan fingerprint density at radius 1 is 1.15 bits per heavy atom. The molecule has 0 radical (unpaired) electrons. The van der Waals surface area contributed by atoms with Gasteiger partial charge in [0.05, 0.1) is 30.8 Å². The van der Waals surface area contributed by atoms with Gasteiger partial charge in [-0.1, -0.05) is 0 Å². The lowest BCUT2D eigenvalue weighted by Gasteiger charge is -2.33. The molecular formula is C29H33FN6O5. The summed E-state index contributed by atoms with van der Waals surface area (Å²) in [6.07, 6.45) is 7.71. The van der Waals surface area contributed by atoms with Crippen molar-refractivity contribution in [3.8, 4) is 11.1 Å². The van der Waals surface area contributed by atoms with E-state index in [4.69, 9.17) is 4.74 Å². The van der Waals surface area contributed by atoms with Crippen LogP contribution < -0.4 is 0 Å². The quantitative estimate of drug-likeness (QED) is 0.493. The number of carbonyl (C=O) groups excluding carboxylic acids is 2. The smallest absolute Gasteiger partial charge is 0.410 e. The number of aromatic nitrogens is 4. The number of halogens is 1. The molecule has 0 aliphatic carbocycles. The topological polar surface area (TPSA) is 123 Å². The van der Waals surface area contributed by atoms with E-state index in [1.54, 1.807) is 23.5 Å². The number of piperidine rings is 1. The summed E-state index contributed by atoms with van der Waals surface area (Å²) in [5.41, 5.74) is 2.08. The van der Waals surface area contributed by atoms with Crippen molar-refractivity contribution < 1.29 is 28.6 Å². The zero-order valence-corrected chi connectivity index (χ0v) is 23.3. The first-order chi connectivity index (χ1) is 19.5. The van der Waals surface area contributed by atoms with E-state index in [0.717, 1.165) is 18.7 Å². The van der Waals surface area contributed by atoms with Gasteiger partial charge in [-0.2, -0.15) is 5.10 Å². The average molecular weight is 565 g/mol. The van der Waals surface area contributed by atoms with E-state index in [1.165, 1.54) is 11.0 Å². The highest BCUT2D eigenvalue weighted by Crippen LogP contribution is 2.37. The van der Waals surface area contributed by atoms with E-state index >= 15 is 4.39 Å². The molecule has 3 aliphatic heterocycles. The maximum Gasteiger partial charge on any atom is 0.410 e. The third-order valence-corrected chi connectivity index (χ3v) is 8.04. The van der Waals surface area contributed by atoms with Crippen LogP contribution in [-0.4, -0.2) is 70.9 Å². The van der Waals surface area contributed by atoms with Crippen molar-refractivity contribution >= 4 is 18.0 Å². The molecule has 6 rings (SSSR count). The van der Waals surface area contributed by atoms with E-state index in [9.17, 15) is 19.5 Å². The Kier molecular flexibility index (Phi) is 6.58. The predicted octanol–water partition coefficient (Wildman–Crippen LogP) is 4.19. The lowest BCUT2D eigenvalue weighted by molar-refractivity contribution is -0.142. The van der Waals surface area contributed by atoms with Crippen molar-refractivity contribution in [1.29, 1.82) is 0 Å². The van der Waals surface area contributed by atoms with Crippen LogP contribution in [-0.2, 0) is 29.0 Å². The van der Waals surface area contributed by atoms with Crippen LogP contribution in [0.15, 0.2) is 30.9 Å². The highest BCUT2D eigenvalue weighted by molar-refractivity contribution is 6.01. The van der Waals surface area contributed by atoms with Crippen LogP contribution in [0.4, 0.5) is 9.18 Å². The van der Waals surface area contributed by atoms with E-state index in [0.29, 0.717) is 49.2 Å². The molecular weight excluding hydrogens is 531 g/mol. The van der Waals surface area contributed by atoms with E-state index < -0.39 is 29.3 Å². The number of likely N-dealkylation sites (tertiary alicyclic amines) is 1. The fraction of sp³-hybridized carbons (Fsp3) is 0.483. The molecule has 41 heavy (non-hydrogen) atoms. The van der Waals surface area contributed by atoms with Gasteiger partial charge in [-0.3, -0.25) is 9.48 Å². The van der Waals surface area contributed by atoms with Gasteiger partial charge in [-0.15, -0.1) is 0 Å². The van der Waals surface area contributed by atoms with Crippen LogP contribution in [0.3, 0.4) is 0 Å². The van der Waals surface area contributed by atoms with Gasteiger partial charge in [0.15, 0.2) is 6.04 Å². The first-order valence-corrected chi connectivity index (χ1v) is 13.9. The minimum absolute atomic E-state index is 0.0619. The molecule has 1 atom stereocenters. The molecule has 1 fully saturated rings. The molecule has 3 aromatic rings. The number of hydrogen-bond donors (Lipinski definition) is 1. The zero-order chi connectivity index (χ0) is 29.1. The van der Waals surface area contributed by atoms with Crippen LogP contribution in [0.5, 0.6) is 0 Å². The SMILES string of the molecule is CC(C)(C)OC(=O)N1CCC(n2cc(-c3cc(F)c4c(c3)C(=O)N(C(C(=O)O)c3ncn5c3CCC5)C4)cn2)CC1. The van der Waals surface area contributed by atoms with Crippen molar-refractivity contribution in [3.05, 3.63) is 59.2 Å². The Balaban J connectivity index is 1.19. The van der Waals surface area contributed by atoms with Crippen molar-refractivity contribution in [2.45, 2.75) is 77.2 Å². The van der Waals surface area contributed by atoms with Gasteiger partial charge >= 0.3 is 12.1 Å². The number of benzene rings is 1. The second-order valence-electron chi connectivity index (χ2n) is 11.9. The molecule has 1 saturated heterocycles. The van der Waals surface area contributed by atoms with Gasteiger partial charge in [0, 0.05) is 48.2 Å². The molecule has 0 bridgehead atoms. The normalized spacial score (nSPS) is 18.0. The van der Waals surface area contributed by atoms with Crippen molar-refractivity contribution in [2.24, 2.45) is 0 Å². The van der Waals surface area contributed by atoms with Gasteiger partial charge < -0.3 is 24.2 Å². The van der Waals surface area contributed by atoms with Gasteiger partial charge in [-0.05, 0) is 64.2 Å². The lowest BCUT2D eigenvalue weighted by Crippen LogP contribution is -2.42. The molecule has 216 valence electrons. The number of hydrogen-bond acceptors (Lipinski definition) is 6. The molecule has 2 aromatic heterocycles. The number of carbonyl (C=O) groups is 3. The van der Waals surface area contributed by atoms with Crippen LogP contribution in [0, 0.1) is 5.82 Å². The molecule has 0 spiro atoms. The molecule has 1 N–H and O–H groups in total. The molecule has 1 unspecified atom stereocenters. The number of carboxylic acid groups (broad SMARTS) is 1. The summed E-state index contributed by atoms with van der Waals surface area (Å²) in [7, 11) is 0. The predicted molar refractivity (Wildman–Crippen MR) is 144 cm³/mol. The molecule has 2 amide bonds. The fourth-order valence-electron chi connectivity index (χ4n) is 6.02. The highest BCUT2D eigenvalue weighted by atomic mass is 19.1. The van der Waals surface area contributed by atoms with Crippen molar-refractivity contribution in [2.75, 3.05) is 13.1 Å². The second-order valence-corrected chi connectivity index (χ2v) is 11.9. The summed E-state index contributed by atoms with van der Waals surface area (Å²) in [4.78, 5) is 45.5. The van der Waals surface area contributed by atoms with Gasteiger partial charge in [-0.25, -0.2) is 19.0 Å². The number of aliphatic carboxylic acids is 1. The monoisotopic (exact) mass is 564 g/mol. The summed E-state index contributed by atoms with van der Waals surface area (Å²) in [5.74, 6) is -2.29. The largest absolute Gasteiger partial charge is 0.479 e. The summed E-state index contributed by atoms with van der Waals surface area (Å²) < 4.78 is 24.6. The highest BCUT2D eigenvalue weighted by Gasteiger charge is 2.42. The third-order valence-electron chi connectivity index (χ3n) is 8.04. The number of aryl methyl sites for hydroxylation is 1. The molecule has 11 nitrogen and oxygen atoms in total. The Morgan fingerprint density at radius 3 is 2.61 bits per heavy atom. The fourth-order valence-corrected chi connectivity index (χ4v) is 6.02. The van der Waals surface area contributed by atoms with Gasteiger partial charge in [0.2, 0.25) is 0 Å². The van der Waals surface area contributed by atoms with E-state index in [1.807, 2.05) is 36.2 Å². The van der Waals surface area contributed by atoms with E-state index in [-0.39, 0.29) is 29.8 Å². The van der Waals surface area contributed by atoms with Crippen LogP contribution in [0.25, 0.3) is 11.1 Å². The van der Waals surface area contributed by atoms with E-state index in [2.05, 4.69) is 10.1 Å². The summed E-state index contributed by atoms with van der Waals surface area (Å²) >= 11 is 0. The number of ether oxygens (including phenoxy) is 1. The number of amides is 2. The third kappa shape index (κ3) is 4.95. The first-order valence-electron chi connectivity index (χ1n) is 13.9. The minimum atomic E-state index is -1.29. The Hall–Kier alpha value is -4.22. The first kappa shape index (κ1) is 27.0. The Morgan fingerprint density at radius 2 is 1.90 bits per heavy atom. The number of fused-ring (bicyclic) bond motifs is 2. The number of carboxylic acids is 1. The van der Waals surface area contributed by atoms with Crippen LogP contribution in [0.1, 0.15) is 79.4 Å². The summed E-state index contributed by atoms with van der Waals surface area (Å²) in [5, 5.41) is 14.6. The molecule has 0 saturated carbocycles. The maximum atomic E-state index is 15.4. The number of rotatable bonds is 5. The number of nitrogens with zero attached hydrogens (tertiary/aromatic N) is 6. The minimum Gasteiger partial charge on any atom is -0.479 e. The summed E-state index contributed by atoms with van der Waals surface area (Å²) in [6.45, 7) is 7.22. The molecule has 1 aromatic carbocycles. The number of imidazole rings is 1. The Labute approximate surface area is 236 Å². The van der Waals surface area contributed by atoms with Gasteiger partial charge in [0.25, 0.3) is 5.91 Å². The summed E-state index contributed by atoms with van der Waals surface area (Å²) in [6, 6.07) is 1.75. The average Bonchev–Trinajstić information content (AvgIpc) is 3.70. The van der Waals surface area contributed by atoms with Gasteiger partial charge in [0.1, 0.15) is 11.4 Å². The molecule has 5 heterocycles. The van der Waals surface area contributed by atoms with Crippen LogP contribution in [0.2, 0.25) is 0 Å². The lowest BCUT2D eigenvalue weighted by atomic mass is 10.0. The standard InChI is InChI=1S/C29H33FN6O5/c1-29(2,3)41-28(40)33-9-6-19(7-10-33)36-14-18(13-32-36)17-11-20-21(22(30)12-17)15-35(26(20)37)25(27(38)39)24-23-5-4-8-34(23)16-31-24/h11-14,16,19,25H,4-10,15H2,1-3H3,(H,38,39). The van der Waals surface area contributed by atoms with Crippen molar-refractivity contribution in [1.82, 2.24) is 29.1 Å². The maximum absolute atomic E-state index is 15.4. The van der Waals surface area contributed by atoms with Crippen molar-refractivity contribution in [3.63, 3.8) is 0 Å². The zero-order valence-electron chi connectivity index (χ0n) is 23.3. The molecule has 3 aliphatic rings.